The highest BCUT2D eigenvalue weighted by Crippen LogP contribution is 2.41. The fraction of sp³-hybridized carbons (Fsp3) is 0.150. The molecule has 1 aliphatic rings. The molecule has 0 bridgehead atoms. The lowest BCUT2D eigenvalue weighted by molar-refractivity contribution is -0.104. The van der Waals surface area contributed by atoms with Crippen LogP contribution in [0.25, 0.3) is 16.6 Å². The van der Waals surface area contributed by atoms with Gasteiger partial charge in [0.2, 0.25) is 0 Å². The molecular weight excluding hydrogens is 364 g/mol. The number of nitrogens with two attached hydrogens (primary N) is 1. The second-order valence-electron chi connectivity index (χ2n) is 6.45. The molecule has 0 amide bonds. The molecule has 1 fully saturated rings. The van der Waals surface area contributed by atoms with Crippen LogP contribution >= 0.6 is 11.6 Å². The van der Waals surface area contributed by atoms with Gasteiger partial charge in [-0.3, -0.25) is 9.36 Å². The topological polar surface area (TPSA) is 90.0 Å². The lowest BCUT2D eigenvalue weighted by Crippen LogP contribution is -2.24. The van der Waals surface area contributed by atoms with Gasteiger partial charge in [0, 0.05) is 11.6 Å². The zero-order valence-electron chi connectivity index (χ0n) is 14.4. The number of halogens is 1. The van der Waals surface area contributed by atoms with E-state index in [1.54, 1.807) is 18.2 Å². The van der Waals surface area contributed by atoms with Crippen LogP contribution in [0.4, 0.5) is 5.82 Å². The standard InChI is InChI=1S/C20H17ClN4O2/c21-16-3-1-2-4-17(16)25-18-9-13(12-5-6-12)7-8-15(18)19(24-20(25)27)23-14(10-22)11-26/h1-4,7-12H,5-6,22H2,(H,23,24,27). The third-order valence-electron chi connectivity index (χ3n) is 4.63. The number of hydrogen-bond acceptors (Lipinski definition) is 5. The summed E-state index contributed by atoms with van der Waals surface area (Å²) in [6.07, 6.45) is 4.00. The second-order valence-corrected chi connectivity index (χ2v) is 6.85. The predicted molar refractivity (Wildman–Crippen MR) is 106 cm³/mol. The van der Waals surface area contributed by atoms with Crippen LogP contribution in [0.15, 0.2) is 59.2 Å². The van der Waals surface area contributed by atoms with E-state index in [1.165, 1.54) is 10.1 Å². The summed E-state index contributed by atoms with van der Waals surface area (Å²) in [6.45, 7) is 0. The van der Waals surface area contributed by atoms with Crippen molar-refractivity contribution in [2.45, 2.75) is 18.8 Å². The molecule has 2 aromatic carbocycles. The minimum atomic E-state index is -0.492. The van der Waals surface area contributed by atoms with Gasteiger partial charge in [0.1, 0.15) is 5.82 Å². The summed E-state index contributed by atoms with van der Waals surface area (Å²) in [6, 6.07) is 13.1. The van der Waals surface area contributed by atoms with Crippen LogP contribution in [0.3, 0.4) is 0 Å². The fourth-order valence-electron chi connectivity index (χ4n) is 3.12. The van der Waals surface area contributed by atoms with Gasteiger partial charge >= 0.3 is 5.69 Å². The van der Waals surface area contributed by atoms with E-state index in [1.807, 2.05) is 24.3 Å². The van der Waals surface area contributed by atoms with Crippen molar-refractivity contribution in [3.63, 3.8) is 0 Å². The van der Waals surface area contributed by atoms with Gasteiger partial charge in [-0.05, 0) is 48.6 Å². The zero-order chi connectivity index (χ0) is 19.0. The summed E-state index contributed by atoms with van der Waals surface area (Å²) in [5, 5.41) is 3.98. The van der Waals surface area contributed by atoms with Gasteiger partial charge in [0.15, 0.2) is 6.29 Å². The Morgan fingerprint density at radius 3 is 2.70 bits per heavy atom. The molecule has 6 nitrogen and oxygen atoms in total. The van der Waals surface area contributed by atoms with Gasteiger partial charge < -0.3 is 11.1 Å². The van der Waals surface area contributed by atoms with Crippen LogP contribution in [-0.2, 0) is 4.79 Å². The van der Waals surface area contributed by atoms with Crippen molar-refractivity contribution in [1.29, 1.82) is 0 Å². The molecule has 0 saturated heterocycles. The van der Waals surface area contributed by atoms with Crippen molar-refractivity contribution >= 4 is 34.6 Å². The molecule has 0 spiro atoms. The van der Waals surface area contributed by atoms with E-state index in [0.29, 0.717) is 33.8 Å². The molecule has 1 aromatic heterocycles. The number of fused-ring (bicyclic) bond motifs is 1. The number of para-hydroxylation sites is 1. The molecule has 1 saturated carbocycles. The van der Waals surface area contributed by atoms with E-state index in [9.17, 15) is 9.59 Å². The van der Waals surface area contributed by atoms with Crippen LogP contribution in [-0.4, -0.2) is 15.8 Å². The average Bonchev–Trinajstić information content (AvgIpc) is 3.52. The molecule has 3 aromatic rings. The molecule has 27 heavy (non-hydrogen) atoms. The summed E-state index contributed by atoms with van der Waals surface area (Å²) in [5.74, 6) is 0.799. The monoisotopic (exact) mass is 380 g/mol. The molecular formula is C20H17ClN4O2. The smallest absolute Gasteiger partial charge is 0.354 e. The minimum Gasteiger partial charge on any atom is -0.403 e. The normalized spacial score (nSPS) is 14.3. The van der Waals surface area contributed by atoms with Gasteiger partial charge in [-0.1, -0.05) is 29.8 Å². The first kappa shape index (κ1) is 17.3. The number of anilines is 1. The first-order valence-electron chi connectivity index (χ1n) is 8.58. The van der Waals surface area contributed by atoms with Crippen LogP contribution in [0.1, 0.15) is 24.3 Å². The maximum Gasteiger partial charge on any atom is 0.354 e. The molecule has 1 heterocycles. The Hall–Kier alpha value is -3.12. The third-order valence-corrected chi connectivity index (χ3v) is 4.95. The van der Waals surface area contributed by atoms with Crippen LogP contribution < -0.4 is 16.7 Å². The number of allylic oxidation sites excluding steroid dienone is 1. The first-order valence-corrected chi connectivity index (χ1v) is 8.96. The van der Waals surface area contributed by atoms with Crippen molar-refractivity contribution in [2.75, 3.05) is 5.32 Å². The Morgan fingerprint density at radius 1 is 1.26 bits per heavy atom. The molecule has 3 N–H and O–H groups in total. The summed E-state index contributed by atoms with van der Waals surface area (Å²) < 4.78 is 1.50. The molecule has 0 atom stereocenters. The maximum atomic E-state index is 12.9. The largest absolute Gasteiger partial charge is 0.403 e. The van der Waals surface area contributed by atoms with Gasteiger partial charge in [-0.25, -0.2) is 4.79 Å². The van der Waals surface area contributed by atoms with Crippen molar-refractivity contribution in [1.82, 2.24) is 9.55 Å². The number of carbonyl (C=O) groups excluding carboxylic acids is 1. The Labute approximate surface area is 160 Å². The summed E-state index contributed by atoms with van der Waals surface area (Å²) >= 11 is 6.34. The SMILES string of the molecule is NC=C(C=O)Nc1nc(=O)n(-c2ccccc2Cl)c2cc(C3CC3)ccc12. The zero-order valence-corrected chi connectivity index (χ0v) is 15.1. The molecule has 0 radical (unpaired) electrons. The number of carbonyl (C=O) groups is 1. The molecule has 0 unspecified atom stereocenters. The van der Waals surface area contributed by atoms with E-state index in [0.717, 1.165) is 19.0 Å². The van der Waals surface area contributed by atoms with Gasteiger partial charge in [-0.15, -0.1) is 0 Å². The van der Waals surface area contributed by atoms with Crippen LogP contribution in [0, 0.1) is 0 Å². The highest BCUT2D eigenvalue weighted by Gasteiger charge is 2.25. The van der Waals surface area contributed by atoms with Crippen molar-refractivity contribution in [2.24, 2.45) is 5.73 Å². The number of benzene rings is 2. The number of rotatable bonds is 5. The van der Waals surface area contributed by atoms with E-state index >= 15 is 0 Å². The molecule has 1 aliphatic carbocycles. The quantitative estimate of drug-likeness (QED) is 0.523. The Kier molecular flexibility index (Phi) is 4.41. The van der Waals surface area contributed by atoms with E-state index in [2.05, 4.69) is 10.3 Å². The van der Waals surface area contributed by atoms with Crippen molar-refractivity contribution in [3.8, 4) is 5.69 Å². The number of hydrogen-bond donors (Lipinski definition) is 2. The molecule has 4 rings (SSSR count). The molecule has 136 valence electrons. The maximum absolute atomic E-state index is 12.9. The lowest BCUT2D eigenvalue weighted by atomic mass is 10.1. The number of nitrogens with zero attached hydrogens (tertiary/aromatic N) is 2. The third kappa shape index (κ3) is 3.19. The van der Waals surface area contributed by atoms with Gasteiger partial charge in [0.25, 0.3) is 0 Å². The van der Waals surface area contributed by atoms with E-state index in [-0.39, 0.29) is 11.5 Å². The van der Waals surface area contributed by atoms with E-state index < -0.39 is 5.69 Å². The number of nitrogens with one attached hydrogen (secondary N) is 1. The Morgan fingerprint density at radius 2 is 2.04 bits per heavy atom. The molecule has 7 heteroatoms. The van der Waals surface area contributed by atoms with Crippen molar-refractivity contribution < 1.29 is 4.79 Å². The number of aldehydes is 1. The summed E-state index contributed by atoms with van der Waals surface area (Å²) in [4.78, 5) is 28.1. The second kappa shape index (κ2) is 6.89. The highest BCUT2D eigenvalue weighted by atomic mass is 35.5. The predicted octanol–water partition coefficient (Wildman–Crippen LogP) is 3.33. The Balaban J connectivity index is 2.01. The summed E-state index contributed by atoms with van der Waals surface area (Å²) in [5.41, 5.74) is 7.49. The lowest BCUT2D eigenvalue weighted by Gasteiger charge is -2.15. The highest BCUT2D eigenvalue weighted by molar-refractivity contribution is 6.32. The van der Waals surface area contributed by atoms with Gasteiger partial charge in [-0.2, -0.15) is 4.98 Å². The van der Waals surface area contributed by atoms with E-state index in [4.69, 9.17) is 17.3 Å². The van der Waals surface area contributed by atoms with Crippen molar-refractivity contribution in [3.05, 3.63) is 75.4 Å². The van der Waals surface area contributed by atoms with Crippen LogP contribution in [0.5, 0.6) is 0 Å². The first-order chi connectivity index (χ1) is 13.1. The number of aromatic nitrogens is 2. The summed E-state index contributed by atoms with van der Waals surface area (Å²) in [7, 11) is 0. The van der Waals surface area contributed by atoms with Gasteiger partial charge in [0.05, 0.1) is 21.9 Å². The molecule has 0 aliphatic heterocycles. The van der Waals surface area contributed by atoms with Crippen LogP contribution in [0.2, 0.25) is 5.02 Å². The average molecular weight is 381 g/mol. The minimum absolute atomic E-state index is 0.130. The fourth-order valence-corrected chi connectivity index (χ4v) is 3.34. The Bertz CT molecular complexity index is 1130.